The Kier molecular flexibility index (Phi) is 4.92. The molecule has 1 aromatic heterocycles. The van der Waals surface area contributed by atoms with Crippen molar-refractivity contribution in [2.75, 3.05) is 13.2 Å². The Labute approximate surface area is 149 Å². The van der Waals surface area contributed by atoms with Crippen molar-refractivity contribution in [2.24, 2.45) is 0 Å². The zero-order valence-electron chi connectivity index (χ0n) is 13.4. The van der Waals surface area contributed by atoms with Crippen molar-refractivity contribution in [3.05, 3.63) is 69.0 Å². The molecule has 3 aromatic rings. The lowest BCUT2D eigenvalue weighted by Gasteiger charge is -2.11. The molecular formula is C19H14ClNO4. The maximum absolute atomic E-state index is 11.5. The van der Waals surface area contributed by atoms with E-state index in [1.54, 1.807) is 36.4 Å². The molecule has 5 nitrogen and oxygen atoms in total. The van der Waals surface area contributed by atoms with Gasteiger partial charge in [-0.2, -0.15) is 5.26 Å². The lowest BCUT2D eigenvalue weighted by Crippen LogP contribution is -2.09. The van der Waals surface area contributed by atoms with Gasteiger partial charge in [0.2, 0.25) is 0 Å². The standard InChI is InChI=1S/C19H14ClNO4/c1-12-7-19(22)25-17-10-18(16(20)9-15(12)17)24-6-5-23-14-4-2-3-13(8-14)11-21/h2-4,7-10H,5-6H2,1H3. The number of nitrogens with zero attached hydrogens (tertiary/aromatic N) is 1. The van der Waals surface area contributed by atoms with E-state index in [-0.39, 0.29) is 13.2 Å². The van der Waals surface area contributed by atoms with E-state index in [9.17, 15) is 4.79 Å². The third-order valence-electron chi connectivity index (χ3n) is 3.58. The van der Waals surface area contributed by atoms with Gasteiger partial charge in [-0.1, -0.05) is 17.7 Å². The number of hydrogen-bond acceptors (Lipinski definition) is 5. The van der Waals surface area contributed by atoms with Crippen LogP contribution in [0.3, 0.4) is 0 Å². The van der Waals surface area contributed by atoms with E-state index in [0.717, 1.165) is 10.9 Å². The topological polar surface area (TPSA) is 72.5 Å². The zero-order valence-corrected chi connectivity index (χ0v) is 14.2. The maximum Gasteiger partial charge on any atom is 0.336 e. The third-order valence-corrected chi connectivity index (χ3v) is 3.87. The Hall–Kier alpha value is -2.97. The molecule has 0 aliphatic carbocycles. The lowest BCUT2D eigenvalue weighted by atomic mass is 10.1. The average Bonchev–Trinajstić information content (AvgIpc) is 2.60. The van der Waals surface area contributed by atoms with E-state index in [0.29, 0.717) is 27.7 Å². The molecule has 0 radical (unpaired) electrons. The monoisotopic (exact) mass is 355 g/mol. The molecule has 6 heteroatoms. The fourth-order valence-electron chi connectivity index (χ4n) is 2.40. The van der Waals surface area contributed by atoms with Gasteiger partial charge >= 0.3 is 5.63 Å². The van der Waals surface area contributed by atoms with Crippen LogP contribution in [0.25, 0.3) is 11.0 Å². The van der Waals surface area contributed by atoms with Crippen molar-refractivity contribution in [1.29, 1.82) is 5.26 Å². The van der Waals surface area contributed by atoms with Crippen LogP contribution < -0.4 is 15.1 Å². The number of rotatable bonds is 5. The van der Waals surface area contributed by atoms with Crippen LogP contribution in [0.15, 0.2) is 51.7 Å². The molecule has 0 fully saturated rings. The molecule has 0 spiro atoms. The van der Waals surface area contributed by atoms with E-state index in [1.807, 2.05) is 6.92 Å². The van der Waals surface area contributed by atoms with Crippen molar-refractivity contribution in [1.82, 2.24) is 0 Å². The van der Waals surface area contributed by atoms with Crippen molar-refractivity contribution in [3.63, 3.8) is 0 Å². The first-order valence-electron chi connectivity index (χ1n) is 7.56. The highest BCUT2D eigenvalue weighted by Crippen LogP contribution is 2.31. The fraction of sp³-hybridized carbons (Fsp3) is 0.158. The molecular weight excluding hydrogens is 342 g/mol. The number of halogens is 1. The predicted octanol–water partition coefficient (Wildman–Crippen LogP) is 4.08. The minimum absolute atomic E-state index is 0.248. The highest BCUT2D eigenvalue weighted by Gasteiger charge is 2.09. The van der Waals surface area contributed by atoms with Gasteiger partial charge in [0.1, 0.15) is 30.3 Å². The second-order valence-electron chi connectivity index (χ2n) is 5.36. The number of nitriles is 1. The summed E-state index contributed by atoms with van der Waals surface area (Å²) in [6, 6.07) is 13.7. The summed E-state index contributed by atoms with van der Waals surface area (Å²) in [5.41, 5.74) is 1.33. The van der Waals surface area contributed by atoms with Gasteiger partial charge < -0.3 is 13.9 Å². The lowest BCUT2D eigenvalue weighted by molar-refractivity contribution is 0.217. The van der Waals surface area contributed by atoms with Crippen LogP contribution in [0.5, 0.6) is 11.5 Å². The molecule has 0 saturated carbocycles. The molecule has 1 heterocycles. The highest BCUT2D eigenvalue weighted by atomic mass is 35.5. The SMILES string of the molecule is Cc1cc(=O)oc2cc(OCCOc3cccc(C#N)c3)c(Cl)cc12. The summed E-state index contributed by atoms with van der Waals surface area (Å²) in [5.74, 6) is 1.01. The van der Waals surface area contributed by atoms with Crippen molar-refractivity contribution < 1.29 is 13.9 Å². The Bertz CT molecular complexity index is 1020. The van der Waals surface area contributed by atoms with Crippen LogP contribution in [-0.2, 0) is 0 Å². The first-order chi connectivity index (χ1) is 12.1. The van der Waals surface area contributed by atoms with Gasteiger partial charge in [-0.25, -0.2) is 4.79 Å². The third kappa shape index (κ3) is 3.93. The van der Waals surface area contributed by atoms with E-state index >= 15 is 0 Å². The summed E-state index contributed by atoms with van der Waals surface area (Å²) in [6.45, 7) is 2.35. The summed E-state index contributed by atoms with van der Waals surface area (Å²) >= 11 is 6.23. The first kappa shape index (κ1) is 16.9. The van der Waals surface area contributed by atoms with Crippen LogP contribution in [0, 0.1) is 18.3 Å². The summed E-state index contributed by atoms with van der Waals surface area (Å²) in [4.78, 5) is 11.5. The van der Waals surface area contributed by atoms with E-state index in [2.05, 4.69) is 6.07 Å². The molecule has 25 heavy (non-hydrogen) atoms. The Morgan fingerprint density at radius 2 is 1.96 bits per heavy atom. The van der Waals surface area contributed by atoms with E-state index in [4.69, 9.17) is 30.8 Å². The van der Waals surface area contributed by atoms with Gasteiger partial charge in [0.25, 0.3) is 0 Å². The summed E-state index contributed by atoms with van der Waals surface area (Å²) in [7, 11) is 0. The Morgan fingerprint density at radius 3 is 2.76 bits per heavy atom. The van der Waals surface area contributed by atoms with Crippen molar-refractivity contribution in [3.8, 4) is 17.6 Å². The van der Waals surface area contributed by atoms with Crippen LogP contribution in [-0.4, -0.2) is 13.2 Å². The molecule has 0 amide bonds. The molecule has 126 valence electrons. The molecule has 0 aliphatic heterocycles. The second kappa shape index (κ2) is 7.29. The minimum atomic E-state index is -0.418. The van der Waals surface area contributed by atoms with Crippen molar-refractivity contribution in [2.45, 2.75) is 6.92 Å². The van der Waals surface area contributed by atoms with Gasteiger partial charge in [0.15, 0.2) is 0 Å². The van der Waals surface area contributed by atoms with Crippen molar-refractivity contribution >= 4 is 22.6 Å². The molecule has 0 atom stereocenters. The molecule has 0 saturated heterocycles. The predicted molar refractivity (Wildman–Crippen MR) is 94.4 cm³/mol. The van der Waals surface area contributed by atoms with Gasteiger partial charge in [0, 0.05) is 17.5 Å². The summed E-state index contributed by atoms with van der Waals surface area (Å²) in [5, 5.41) is 10.1. The molecule has 3 rings (SSSR count). The van der Waals surface area contributed by atoms with Gasteiger partial charge in [0.05, 0.1) is 16.7 Å². The fourth-order valence-corrected chi connectivity index (χ4v) is 2.62. The number of hydrogen-bond donors (Lipinski definition) is 0. The van der Waals surface area contributed by atoms with Crippen LogP contribution in [0.1, 0.15) is 11.1 Å². The van der Waals surface area contributed by atoms with Crippen LogP contribution in [0.2, 0.25) is 5.02 Å². The number of aryl methyl sites for hydroxylation is 1. The number of benzene rings is 2. The zero-order chi connectivity index (χ0) is 17.8. The van der Waals surface area contributed by atoms with E-state index < -0.39 is 5.63 Å². The van der Waals surface area contributed by atoms with Gasteiger partial charge in [-0.05, 0) is 36.8 Å². The quantitative estimate of drug-likeness (QED) is 0.509. The summed E-state index contributed by atoms with van der Waals surface area (Å²) in [6.07, 6.45) is 0. The molecule has 0 unspecified atom stereocenters. The smallest absolute Gasteiger partial charge is 0.336 e. The van der Waals surface area contributed by atoms with Gasteiger partial charge in [-0.3, -0.25) is 0 Å². The highest BCUT2D eigenvalue weighted by molar-refractivity contribution is 6.32. The molecule has 2 aromatic carbocycles. The second-order valence-corrected chi connectivity index (χ2v) is 5.77. The van der Waals surface area contributed by atoms with Crippen LogP contribution in [0.4, 0.5) is 0 Å². The molecule has 0 bridgehead atoms. The average molecular weight is 356 g/mol. The van der Waals surface area contributed by atoms with E-state index in [1.165, 1.54) is 6.07 Å². The largest absolute Gasteiger partial charge is 0.490 e. The number of ether oxygens (including phenoxy) is 2. The summed E-state index contributed by atoms with van der Waals surface area (Å²) < 4.78 is 16.3. The normalized spacial score (nSPS) is 10.4. The van der Waals surface area contributed by atoms with Crippen LogP contribution >= 0.6 is 11.6 Å². The van der Waals surface area contributed by atoms with Gasteiger partial charge in [-0.15, -0.1) is 0 Å². The Balaban J connectivity index is 1.68. The Morgan fingerprint density at radius 1 is 1.16 bits per heavy atom. The molecule has 0 aliphatic rings. The molecule has 0 N–H and O–H groups in total. The maximum atomic E-state index is 11.5. The number of fused-ring (bicyclic) bond motifs is 1. The first-order valence-corrected chi connectivity index (χ1v) is 7.94. The minimum Gasteiger partial charge on any atom is -0.490 e.